The summed E-state index contributed by atoms with van der Waals surface area (Å²) < 4.78 is 0. The Balaban J connectivity index is 1.83. The van der Waals surface area contributed by atoms with Crippen LogP contribution in [0.4, 0.5) is 0 Å². The first kappa shape index (κ1) is 14.2. The quantitative estimate of drug-likeness (QED) is 0.838. The van der Waals surface area contributed by atoms with Gasteiger partial charge in [0.25, 0.3) is 0 Å². The maximum atomic E-state index is 12.8. The lowest BCUT2D eigenvalue weighted by atomic mass is 9.94. The molecule has 5 heteroatoms. The number of halogens is 2. The Hall–Kier alpha value is -0.770. The van der Waals surface area contributed by atoms with Crippen molar-refractivity contribution in [3.05, 3.63) is 33.8 Å². The lowest BCUT2D eigenvalue weighted by molar-refractivity contribution is -0.135. The fourth-order valence-electron chi connectivity index (χ4n) is 2.91. The number of benzene rings is 1. The van der Waals surface area contributed by atoms with Crippen molar-refractivity contribution in [2.45, 2.75) is 18.3 Å². The van der Waals surface area contributed by atoms with Crippen LogP contribution in [0, 0.1) is 0 Å². The minimum absolute atomic E-state index is 0.231. The summed E-state index contributed by atoms with van der Waals surface area (Å²) in [6.07, 6.45) is 1.78. The van der Waals surface area contributed by atoms with Crippen LogP contribution in [0.1, 0.15) is 18.4 Å². The van der Waals surface area contributed by atoms with Crippen LogP contribution in [-0.2, 0) is 10.2 Å². The Morgan fingerprint density at radius 1 is 1.15 bits per heavy atom. The first-order valence-corrected chi connectivity index (χ1v) is 7.72. The average Bonchev–Trinajstić information content (AvgIpc) is 3.20. The Morgan fingerprint density at radius 3 is 2.35 bits per heavy atom. The Kier molecular flexibility index (Phi) is 3.69. The van der Waals surface area contributed by atoms with Gasteiger partial charge in [-0.25, -0.2) is 0 Å². The zero-order chi connectivity index (χ0) is 14.3. The Labute approximate surface area is 129 Å². The van der Waals surface area contributed by atoms with Crippen LogP contribution in [0.15, 0.2) is 18.2 Å². The summed E-state index contributed by atoms with van der Waals surface area (Å²) >= 11 is 12.2. The van der Waals surface area contributed by atoms with Crippen molar-refractivity contribution in [2.24, 2.45) is 0 Å². The van der Waals surface area contributed by atoms with Crippen molar-refractivity contribution in [1.82, 2.24) is 9.80 Å². The number of piperazine rings is 1. The molecule has 3 nitrogen and oxygen atoms in total. The molecule has 108 valence electrons. The van der Waals surface area contributed by atoms with Gasteiger partial charge < -0.3 is 9.80 Å². The number of hydrogen-bond donors (Lipinski definition) is 0. The lowest BCUT2D eigenvalue weighted by Crippen LogP contribution is -2.50. The van der Waals surface area contributed by atoms with Crippen LogP contribution in [0.2, 0.25) is 10.0 Å². The molecule has 1 aliphatic heterocycles. The lowest BCUT2D eigenvalue weighted by Gasteiger charge is -2.35. The van der Waals surface area contributed by atoms with E-state index in [1.54, 1.807) is 6.07 Å². The highest BCUT2D eigenvalue weighted by Crippen LogP contribution is 2.52. The van der Waals surface area contributed by atoms with Crippen LogP contribution in [-0.4, -0.2) is 48.9 Å². The largest absolute Gasteiger partial charge is 0.339 e. The van der Waals surface area contributed by atoms with E-state index in [0.717, 1.165) is 44.6 Å². The molecule has 1 aromatic rings. The minimum Gasteiger partial charge on any atom is -0.339 e. The molecule has 1 heterocycles. The number of nitrogens with zero attached hydrogens (tertiary/aromatic N) is 2. The number of hydrogen-bond acceptors (Lipinski definition) is 2. The smallest absolute Gasteiger partial charge is 0.233 e. The third-order valence-corrected chi connectivity index (χ3v) is 4.94. The summed E-state index contributed by atoms with van der Waals surface area (Å²) in [6, 6.07) is 5.46. The van der Waals surface area contributed by atoms with Crippen LogP contribution >= 0.6 is 23.2 Å². The zero-order valence-electron chi connectivity index (χ0n) is 11.5. The molecule has 0 N–H and O–H groups in total. The molecule has 0 aromatic heterocycles. The molecule has 1 saturated carbocycles. The topological polar surface area (TPSA) is 23.6 Å². The molecular formula is C15H18Cl2N2O. The monoisotopic (exact) mass is 312 g/mol. The standard InChI is InChI=1S/C15H18Cl2N2O/c1-18-6-8-19(9-7-18)14(20)15(4-5-15)12-3-2-11(16)10-13(12)17/h2-3,10H,4-9H2,1H3. The van der Waals surface area contributed by atoms with Gasteiger partial charge in [0.05, 0.1) is 5.41 Å². The minimum atomic E-state index is -0.391. The molecule has 0 unspecified atom stereocenters. The summed E-state index contributed by atoms with van der Waals surface area (Å²) in [5, 5.41) is 1.22. The van der Waals surface area contributed by atoms with Crippen molar-refractivity contribution < 1.29 is 4.79 Å². The molecule has 1 amide bonds. The molecule has 1 aliphatic carbocycles. The van der Waals surface area contributed by atoms with E-state index in [9.17, 15) is 4.79 Å². The molecule has 2 aliphatic rings. The summed E-state index contributed by atoms with van der Waals surface area (Å²) in [4.78, 5) is 17.1. The van der Waals surface area contributed by atoms with Gasteiger partial charge in [-0.15, -0.1) is 0 Å². The van der Waals surface area contributed by atoms with E-state index in [2.05, 4.69) is 11.9 Å². The zero-order valence-corrected chi connectivity index (χ0v) is 13.0. The van der Waals surface area contributed by atoms with Crippen molar-refractivity contribution >= 4 is 29.1 Å². The predicted molar refractivity (Wildman–Crippen MR) is 81.5 cm³/mol. The number of amides is 1. The van der Waals surface area contributed by atoms with Crippen LogP contribution < -0.4 is 0 Å². The van der Waals surface area contributed by atoms with Gasteiger partial charge in [-0.05, 0) is 37.6 Å². The van der Waals surface area contributed by atoms with E-state index in [0.29, 0.717) is 10.0 Å². The van der Waals surface area contributed by atoms with Gasteiger partial charge >= 0.3 is 0 Å². The van der Waals surface area contributed by atoms with E-state index in [1.807, 2.05) is 17.0 Å². The molecule has 0 radical (unpaired) electrons. The first-order valence-electron chi connectivity index (χ1n) is 6.96. The molecule has 3 rings (SSSR count). The number of rotatable bonds is 2. The molecular weight excluding hydrogens is 295 g/mol. The average molecular weight is 313 g/mol. The number of likely N-dealkylation sites (N-methyl/N-ethyl adjacent to an activating group) is 1. The summed E-state index contributed by atoms with van der Waals surface area (Å²) in [6.45, 7) is 3.50. The molecule has 20 heavy (non-hydrogen) atoms. The van der Waals surface area contributed by atoms with E-state index in [4.69, 9.17) is 23.2 Å². The predicted octanol–water partition coefficient (Wildman–Crippen LogP) is 2.80. The first-order chi connectivity index (χ1) is 9.53. The van der Waals surface area contributed by atoms with Gasteiger partial charge in [-0.3, -0.25) is 4.79 Å². The fraction of sp³-hybridized carbons (Fsp3) is 0.533. The van der Waals surface area contributed by atoms with Gasteiger partial charge in [0, 0.05) is 36.2 Å². The fourth-order valence-corrected chi connectivity index (χ4v) is 3.50. The summed E-state index contributed by atoms with van der Waals surface area (Å²) in [7, 11) is 2.09. The van der Waals surface area contributed by atoms with Crippen LogP contribution in [0.25, 0.3) is 0 Å². The maximum absolute atomic E-state index is 12.8. The van der Waals surface area contributed by atoms with Gasteiger partial charge in [0.1, 0.15) is 0 Å². The van der Waals surface area contributed by atoms with E-state index in [1.165, 1.54) is 0 Å². The molecule has 0 spiro atoms. The highest BCUT2D eigenvalue weighted by molar-refractivity contribution is 6.35. The number of carbonyl (C=O) groups excluding carboxylic acids is 1. The molecule has 2 fully saturated rings. The van der Waals surface area contributed by atoms with Crippen molar-refractivity contribution in [3.63, 3.8) is 0 Å². The highest BCUT2D eigenvalue weighted by Gasteiger charge is 2.54. The van der Waals surface area contributed by atoms with E-state index in [-0.39, 0.29) is 5.91 Å². The molecule has 0 atom stereocenters. The third-order valence-electron chi connectivity index (χ3n) is 4.40. The molecule has 1 saturated heterocycles. The third kappa shape index (κ3) is 2.43. The second kappa shape index (κ2) is 5.21. The SMILES string of the molecule is CN1CCN(C(=O)C2(c3ccc(Cl)cc3Cl)CC2)CC1. The van der Waals surface area contributed by atoms with Crippen LogP contribution in [0.3, 0.4) is 0 Å². The van der Waals surface area contributed by atoms with Gasteiger partial charge in [0.15, 0.2) is 0 Å². The Bertz CT molecular complexity index is 535. The van der Waals surface area contributed by atoms with E-state index >= 15 is 0 Å². The second-order valence-electron chi connectivity index (χ2n) is 5.80. The van der Waals surface area contributed by atoms with Crippen molar-refractivity contribution in [3.8, 4) is 0 Å². The number of carbonyl (C=O) groups is 1. The summed E-state index contributed by atoms with van der Waals surface area (Å²) in [5.41, 5.74) is 0.546. The van der Waals surface area contributed by atoms with Gasteiger partial charge in [-0.1, -0.05) is 29.3 Å². The van der Waals surface area contributed by atoms with Crippen molar-refractivity contribution in [2.75, 3.05) is 33.2 Å². The highest BCUT2D eigenvalue weighted by atomic mass is 35.5. The Morgan fingerprint density at radius 2 is 1.80 bits per heavy atom. The van der Waals surface area contributed by atoms with Crippen LogP contribution in [0.5, 0.6) is 0 Å². The maximum Gasteiger partial charge on any atom is 0.233 e. The normalized spacial score (nSPS) is 21.9. The second-order valence-corrected chi connectivity index (χ2v) is 6.65. The summed E-state index contributed by atoms with van der Waals surface area (Å²) in [5.74, 6) is 0.231. The van der Waals surface area contributed by atoms with Gasteiger partial charge in [0.2, 0.25) is 5.91 Å². The van der Waals surface area contributed by atoms with Gasteiger partial charge in [-0.2, -0.15) is 0 Å². The molecule has 0 bridgehead atoms. The van der Waals surface area contributed by atoms with Crippen molar-refractivity contribution in [1.29, 1.82) is 0 Å². The molecule has 1 aromatic carbocycles. The van der Waals surface area contributed by atoms with E-state index < -0.39 is 5.41 Å².